The Balaban J connectivity index is 2.11. The summed E-state index contributed by atoms with van der Waals surface area (Å²) in [6, 6.07) is 9.85. The number of methoxy groups -OCH3 is 2. The summed E-state index contributed by atoms with van der Waals surface area (Å²) < 4.78 is 10.6. The van der Waals surface area contributed by atoms with Crippen molar-refractivity contribution in [2.24, 2.45) is 0 Å². The van der Waals surface area contributed by atoms with E-state index in [4.69, 9.17) is 9.47 Å². The summed E-state index contributed by atoms with van der Waals surface area (Å²) in [5.41, 5.74) is 0.893. The van der Waals surface area contributed by atoms with E-state index in [1.807, 2.05) is 30.3 Å². The van der Waals surface area contributed by atoms with Gasteiger partial charge in [0.1, 0.15) is 0 Å². The topological polar surface area (TPSA) is 38.8 Å². The monoisotopic (exact) mass is 291 g/mol. The van der Waals surface area contributed by atoms with Gasteiger partial charge in [-0.05, 0) is 31.9 Å². The van der Waals surface area contributed by atoms with Gasteiger partial charge in [-0.2, -0.15) is 0 Å². The Kier molecular flexibility index (Phi) is 5.37. The minimum Gasteiger partial charge on any atom is -0.469 e. The lowest BCUT2D eigenvalue weighted by Gasteiger charge is -2.40. The van der Waals surface area contributed by atoms with E-state index in [2.05, 4.69) is 11.8 Å². The number of esters is 1. The van der Waals surface area contributed by atoms with Gasteiger partial charge in [-0.3, -0.25) is 9.69 Å². The molecule has 4 heteroatoms. The van der Waals surface area contributed by atoms with E-state index in [1.165, 1.54) is 7.11 Å². The van der Waals surface area contributed by atoms with Crippen LogP contribution in [0.1, 0.15) is 31.2 Å². The van der Waals surface area contributed by atoms with Crippen molar-refractivity contribution in [2.75, 3.05) is 33.9 Å². The largest absolute Gasteiger partial charge is 0.469 e. The molecule has 0 amide bonds. The van der Waals surface area contributed by atoms with Crippen LogP contribution in [0.25, 0.3) is 0 Å². The third-order valence-electron chi connectivity index (χ3n) is 4.36. The molecule has 0 bridgehead atoms. The number of hydrogen-bond acceptors (Lipinski definition) is 4. The molecule has 0 saturated carbocycles. The Bertz CT molecular complexity index is 462. The average Bonchev–Trinajstić information content (AvgIpc) is 2.53. The van der Waals surface area contributed by atoms with Gasteiger partial charge >= 0.3 is 5.97 Å². The predicted octanol–water partition coefficient (Wildman–Crippen LogP) is 2.44. The first-order chi connectivity index (χ1) is 10.1. The fourth-order valence-corrected chi connectivity index (χ4v) is 3.03. The molecule has 1 aromatic carbocycles. The third-order valence-corrected chi connectivity index (χ3v) is 4.36. The number of likely N-dealkylation sites (tertiary alicyclic amines) is 1. The maximum Gasteiger partial charge on any atom is 0.314 e. The molecule has 0 aliphatic carbocycles. The highest BCUT2D eigenvalue weighted by Crippen LogP contribution is 2.27. The van der Waals surface area contributed by atoms with Crippen LogP contribution in [0.3, 0.4) is 0 Å². The molecule has 116 valence electrons. The van der Waals surface area contributed by atoms with Crippen LogP contribution in [0.2, 0.25) is 0 Å². The lowest BCUT2D eigenvalue weighted by Crippen LogP contribution is -2.49. The second kappa shape index (κ2) is 7.05. The summed E-state index contributed by atoms with van der Waals surface area (Å²) >= 11 is 0. The fourth-order valence-electron chi connectivity index (χ4n) is 3.03. The van der Waals surface area contributed by atoms with Gasteiger partial charge in [0.25, 0.3) is 0 Å². The second-order valence-corrected chi connectivity index (χ2v) is 5.98. The fraction of sp³-hybridized carbons (Fsp3) is 0.588. The maximum absolute atomic E-state index is 12.1. The number of carbonyl (C=O) groups excluding carboxylic acids is 1. The molecule has 0 radical (unpaired) electrons. The molecule has 0 spiro atoms. The molecule has 1 aliphatic rings. The van der Waals surface area contributed by atoms with Crippen LogP contribution in [0.4, 0.5) is 0 Å². The number of rotatable bonds is 5. The highest BCUT2D eigenvalue weighted by molar-refractivity contribution is 5.78. The lowest BCUT2D eigenvalue weighted by molar-refractivity contribution is -0.143. The van der Waals surface area contributed by atoms with Crippen molar-refractivity contribution >= 4 is 5.97 Å². The van der Waals surface area contributed by atoms with Crippen LogP contribution < -0.4 is 0 Å². The van der Waals surface area contributed by atoms with Crippen molar-refractivity contribution < 1.29 is 14.3 Å². The normalized spacial score (nSPS) is 24.5. The molecule has 1 aromatic rings. The van der Waals surface area contributed by atoms with Crippen LogP contribution in [-0.2, 0) is 14.3 Å². The second-order valence-electron chi connectivity index (χ2n) is 5.98. The van der Waals surface area contributed by atoms with Gasteiger partial charge in [-0.1, -0.05) is 30.3 Å². The molecule has 4 nitrogen and oxygen atoms in total. The zero-order chi connectivity index (χ0) is 15.3. The number of benzene rings is 1. The van der Waals surface area contributed by atoms with Gasteiger partial charge in [0.2, 0.25) is 0 Å². The molecular weight excluding hydrogens is 266 g/mol. The van der Waals surface area contributed by atoms with E-state index in [1.54, 1.807) is 7.11 Å². The number of piperidine rings is 1. The van der Waals surface area contributed by atoms with E-state index >= 15 is 0 Å². The van der Waals surface area contributed by atoms with Gasteiger partial charge in [-0.15, -0.1) is 0 Å². The van der Waals surface area contributed by atoms with E-state index < -0.39 is 0 Å². The SMILES string of the molecule is COC(=O)C(CN1CCCC(C)(OC)C1)c1ccccc1. The summed E-state index contributed by atoms with van der Waals surface area (Å²) in [7, 11) is 3.21. The van der Waals surface area contributed by atoms with Crippen LogP contribution in [0.5, 0.6) is 0 Å². The molecule has 2 unspecified atom stereocenters. The van der Waals surface area contributed by atoms with Gasteiger partial charge in [0.05, 0.1) is 18.6 Å². The van der Waals surface area contributed by atoms with E-state index in [9.17, 15) is 4.79 Å². The molecule has 0 N–H and O–H groups in total. The Morgan fingerprint density at radius 2 is 2.05 bits per heavy atom. The number of hydrogen-bond donors (Lipinski definition) is 0. The average molecular weight is 291 g/mol. The smallest absolute Gasteiger partial charge is 0.314 e. The van der Waals surface area contributed by atoms with Crippen molar-refractivity contribution in [1.82, 2.24) is 4.90 Å². The summed E-state index contributed by atoms with van der Waals surface area (Å²) in [5, 5.41) is 0. The first-order valence-corrected chi connectivity index (χ1v) is 7.48. The first-order valence-electron chi connectivity index (χ1n) is 7.48. The molecule has 1 saturated heterocycles. The van der Waals surface area contributed by atoms with Crippen molar-refractivity contribution in [3.63, 3.8) is 0 Å². The highest BCUT2D eigenvalue weighted by atomic mass is 16.5. The molecule has 2 atom stereocenters. The van der Waals surface area contributed by atoms with Gasteiger partial charge in [0.15, 0.2) is 0 Å². The first kappa shape index (κ1) is 16.0. The Labute approximate surface area is 127 Å². The molecule has 1 aliphatic heterocycles. The van der Waals surface area contributed by atoms with E-state index in [-0.39, 0.29) is 17.5 Å². The van der Waals surface area contributed by atoms with Crippen LogP contribution in [-0.4, -0.2) is 50.3 Å². The van der Waals surface area contributed by atoms with Crippen molar-refractivity contribution in [3.05, 3.63) is 35.9 Å². The van der Waals surface area contributed by atoms with Crippen LogP contribution >= 0.6 is 0 Å². The molecular formula is C17H25NO3. The molecule has 2 rings (SSSR count). The minimum atomic E-state index is -0.240. The Morgan fingerprint density at radius 3 is 2.67 bits per heavy atom. The molecule has 1 heterocycles. The van der Waals surface area contributed by atoms with Crippen molar-refractivity contribution in [1.29, 1.82) is 0 Å². The summed E-state index contributed by atoms with van der Waals surface area (Å²) in [6.45, 7) is 4.66. The Hall–Kier alpha value is -1.39. The highest BCUT2D eigenvalue weighted by Gasteiger charge is 2.33. The van der Waals surface area contributed by atoms with Gasteiger partial charge in [-0.25, -0.2) is 0 Å². The number of carbonyl (C=O) groups is 1. The maximum atomic E-state index is 12.1. The quantitative estimate of drug-likeness (QED) is 0.781. The lowest BCUT2D eigenvalue weighted by atomic mass is 9.92. The molecule has 0 aromatic heterocycles. The van der Waals surface area contributed by atoms with Crippen LogP contribution in [0.15, 0.2) is 30.3 Å². The molecule has 1 fully saturated rings. The standard InChI is InChI=1S/C17H25NO3/c1-17(21-3)10-7-11-18(13-17)12-15(16(19)20-2)14-8-5-4-6-9-14/h4-6,8-9,15H,7,10-13H2,1-3H3. The number of nitrogens with zero attached hydrogens (tertiary/aromatic N) is 1. The Morgan fingerprint density at radius 1 is 1.33 bits per heavy atom. The van der Waals surface area contributed by atoms with Crippen molar-refractivity contribution in [3.8, 4) is 0 Å². The summed E-state index contributed by atoms with van der Waals surface area (Å²) in [4.78, 5) is 14.4. The summed E-state index contributed by atoms with van der Waals surface area (Å²) in [6.07, 6.45) is 2.15. The zero-order valence-electron chi connectivity index (χ0n) is 13.2. The third kappa shape index (κ3) is 4.05. The van der Waals surface area contributed by atoms with Gasteiger partial charge < -0.3 is 9.47 Å². The minimum absolute atomic E-state index is 0.115. The van der Waals surface area contributed by atoms with Crippen molar-refractivity contribution in [2.45, 2.75) is 31.3 Å². The van der Waals surface area contributed by atoms with Gasteiger partial charge in [0, 0.05) is 20.2 Å². The van der Waals surface area contributed by atoms with Crippen LogP contribution in [0, 0.1) is 0 Å². The molecule has 21 heavy (non-hydrogen) atoms. The van der Waals surface area contributed by atoms with E-state index in [0.717, 1.165) is 31.5 Å². The predicted molar refractivity (Wildman–Crippen MR) is 82.3 cm³/mol. The van der Waals surface area contributed by atoms with E-state index in [0.29, 0.717) is 6.54 Å². The zero-order valence-corrected chi connectivity index (χ0v) is 13.2. The summed E-state index contributed by atoms with van der Waals surface area (Å²) in [5.74, 6) is -0.415. The number of ether oxygens (including phenoxy) is 2.